The molecule has 2 aliphatic heterocycles. The summed E-state index contributed by atoms with van der Waals surface area (Å²) in [5, 5.41) is 12.2. The summed E-state index contributed by atoms with van der Waals surface area (Å²) in [5.41, 5.74) is 3.28. The van der Waals surface area contributed by atoms with Crippen LogP contribution in [0, 0.1) is 11.6 Å². The van der Waals surface area contributed by atoms with Crippen LogP contribution in [-0.2, 0) is 19.6 Å². The molecule has 79 heavy (non-hydrogen) atoms. The molecule has 2 aliphatic rings. The smallest absolute Gasteiger partial charge is 0.247 e. The topological polar surface area (TPSA) is 226 Å². The van der Waals surface area contributed by atoms with Crippen molar-refractivity contribution >= 4 is 95.8 Å². The highest BCUT2D eigenvalue weighted by atomic mass is 32.2. The highest BCUT2D eigenvalue weighted by Crippen LogP contribution is 2.35. The van der Waals surface area contributed by atoms with E-state index < -0.39 is 15.8 Å². The van der Waals surface area contributed by atoms with E-state index in [1.807, 2.05) is 16.8 Å². The molecular formula is C55H56F2N14O7S. The van der Waals surface area contributed by atoms with E-state index in [0.717, 1.165) is 68.7 Å². The Morgan fingerprint density at radius 2 is 1.03 bits per heavy atom. The predicted molar refractivity (Wildman–Crippen MR) is 301 cm³/mol. The molecule has 4 aromatic heterocycles. The number of carbonyl (C=O) groups is 3. The van der Waals surface area contributed by atoms with Crippen LogP contribution in [0.1, 0.15) is 11.7 Å². The largest absolute Gasteiger partial charge is 0.438 e. The number of piperazine rings is 2. The van der Waals surface area contributed by atoms with Crippen molar-refractivity contribution in [2.75, 3.05) is 104 Å². The highest BCUT2D eigenvalue weighted by Gasteiger charge is 2.23. The van der Waals surface area contributed by atoms with Gasteiger partial charge in [-0.15, -0.1) is 0 Å². The molecule has 24 heteroatoms. The van der Waals surface area contributed by atoms with Gasteiger partial charge in [-0.3, -0.25) is 19.0 Å². The number of rotatable bonds is 15. The van der Waals surface area contributed by atoms with Crippen molar-refractivity contribution in [2.24, 2.45) is 0 Å². The minimum Gasteiger partial charge on any atom is -0.438 e. The molecule has 408 valence electrons. The minimum absolute atomic E-state index is 0.00830. The Hall–Kier alpha value is -9.26. The van der Waals surface area contributed by atoms with Crippen molar-refractivity contribution in [3.05, 3.63) is 146 Å². The summed E-state index contributed by atoms with van der Waals surface area (Å²) in [6.45, 7) is 14.7. The summed E-state index contributed by atoms with van der Waals surface area (Å²) >= 11 is 0. The average Bonchev–Trinajstić information content (AvgIpc) is 4.31. The number of carbonyl (C=O) groups excluding carboxylic acids is 3. The van der Waals surface area contributed by atoms with E-state index in [-0.39, 0.29) is 52.8 Å². The van der Waals surface area contributed by atoms with E-state index in [1.165, 1.54) is 42.0 Å². The van der Waals surface area contributed by atoms with Crippen LogP contribution in [0.2, 0.25) is 0 Å². The molecule has 2 amide bonds. The molecule has 6 heterocycles. The molecule has 0 saturated carbocycles. The van der Waals surface area contributed by atoms with Crippen molar-refractivity contribution < 1.29 is 41.1 Å². The fraction of sp³-hybridized carbons (Fsp3) is 0.218. The molecule has 0 radical (unpaired) electrons. The Kier molecular flexibility index (Phi) is 16.3. The Bertz CT molecular complexity index is 3740. The molecule has 21 nitrogen and oxygen atoms in total. The number of benzene rings is 4. The second-order valence-electron chi connectivity index (χ2n) is 18.6. The monoisotopic (exact) mass is 1090 g/mol. The van der Waals surface area contributed by atoms with E-state index in [1.54, 1.807) is 85.1 Å². The number of hydrogen-bond acceptors (Lipinski definition) is 17. The van der Waals surface area contributed by atoms with E-state index in [2.05, 4.69) is 71.2 Å². The Morgan fingerprint density at radius 3 is 1.46 bits per heavy atom. The van der Waals surface area contributed by atoms with Gasteiger partial charge in [0.2, 0.25) is 51.4 Å². The van der Waals surface area contributed by atoms with Gasteiger partial charge in [0.15, 0.2) is 11.3 Å². The quantitative estimate of drug-likeness (QED) is 0.0707. The molecule has 2 saturated heterocycles. The molecule has 8 aromatic rings. The third-order valence-corrected chi connectivity index (χ3v) is 13.8. The van der Waals surface area contributed by atoms with Gasteiger partial charge in [0.25, 0.3) is 0 Å². The lowest BCUT2D eigenvalue weighted by atomic mass is 10.2. The first-order valence-corrected chi connectivity index (χ1v) is 26.7. The van der Waals surface area contributed by atoms with Crippen molar-refractivity contribution in [2.45, 2.75) is 6.92 Å². The highest BCUT2D eigenvalue weighted by molar-refractivity contribution is 7.89. The number of halogens is 2. The molecule has 2 fully saturated rings. The van der Waals surface area contributed by atoms with Crippen LogP contribution in [0.3, 0.4) is 0 Å². The van der Waals surface area contributed by atoms with Crippen LogP contribution >= 0.6 is 0 Å². The summed E-state index contributed by atoms with van der Waals surface area (Å²) in [6, 6.07) is 26.3. The lowest BCUT2D eigenvalue weighted by molar-refractivity contribution is -0.112. The van der Waals surface area contributed by atoms with Crippen LogP contribution in [0.5, 0.6) is 23.3 Å². The zero-order valence-electron chi connectivity index (χ0n) is 43.6. The summed E-state index contributed by atoms with van der Waals surface area (Å²) in [6.07, 6.45) is 6.32. The van der Waals surface area contributed by atoms with Gasteiger partial charge in [-0.05, 0) is 99.0 Å². The van der Waals surface area contributed by atoms with E-state index in [0.29, 0.717) is 62.0 Å². The lowest BCUT2D eigenvalue weighted by Crippen LogP contribution is -2.44. The average molecular weight is 1100 g/mol. The second kappa shape index (κ2) is 23.5. The van der Waals surface area contributed by atoms with Crippen LogP contribution in [0.25, 0.3) is 22.1 Å². The molecule has 10 rings (SSSR count). The molecule has 4 N–H and O–H groups in total. The van der Waals surface area contributed by atoms with Gasteiger partial charge >= 0.3 is 0 Å². The van der Waals surface area contributed by atoms with Gasteiger partial charge in [-0.2, -0.15) is 19.9 Å². The maximum Gasteiger partial charge on any atom is 0.247 e. The molecule has 0 bridgehead atoms. The zero-order chi connectivity index (χ0) is 56.0. The molecule has 0 spiro atoms. The molecule has 0 atom stereocenters. The van der Waals surface area contributed by atoms with Crippen molar-refractivity contribution in [3.8, 4) is 23.3 Å². The second-order valence-corrected chi connectivity index (χ2v) is 20.4. The SMILES string of the molecule is C=CC(=O)Nc1cccc(Oc2nc(Nc3ccc(N4CCN(C)CC4)c(F)c3)nc3c2ccn3C(C)=O)c1.C=CC(=O)Nc1cccc(Oc2nc(Nc3ccc(N4CCN(C)CC4)c(F)c3)nc3c2ccn3S(C)(=O)=O)c1. The maximum atomic E-state index is 15.1. The fourth-order valence-electron chi connectivity index (χ4n) is 8.66. The standard InChI is InChI=1S/C28H28FN7O3.C27H28FN7O4S/c1-4-25(38)30-19-6-5-7-21(16-19)39-27-22-10-11-36(18(2)37)26(22)32-28(33-27)31-20-8-9-24(23(29)17-20)35-14-12-34(3)13-15-35;1-4-24(36)29-18-6-5-7-20(16-18)39-26-21-10-11-35(40(3,37)38)25(21)31-27(32-26)30-19-8-9-23(22(28)17-19)34-14-12-33(2)13-15-34/h4-11,16-17H,1,12-15H2,2-3H3,(H,30,38)(H,31,32,33);4-11,16-17H,1,12-15H2,2-3H3,(H,29,36)(H,30,31,32). The molecule has 0 unspecified atom stereocenters. The maximum absolute atomic E-state index is 15.1. The normalized spacial score (nSPS) is 14.0. The van der Waals surface area contributed by atoms with Gasteiger partial charge < -0.3 is 50.3 Å². The summed E-state index contributed by atoms with van der Waals surface area (Å²) in [7, 11) is 0.386. The zero-order valence-corrected chi connectivity index (χ0v) is 44.4. The minimum atomic E-state index is -3.70. The number of nitrogens with one attached hydrogen (secondary N) is 4. The van der Waals surface area contributed by atoms with Gasteiger partial charge in [0, 0.05) is 107 Å². The fourth-order valence-corrected chi connectivity index (χ4v) is 9.40. The van der Waals surface area contributed by atoms with E-state index >= 15 is 8.78 Å². The number of hydrogen-bond donors (Lipinski definition) is 4. The van der Waals surface area contributed by atoms with Crippen LogP contribution < -0.4 is 40.5 Å². The van der Waals surface area contributed by atoms with Crippen molar-refractivity contribution in [1.29, 1.82) is 0 Å². The first kappa shape index (κ1) is 54.5. The number of fused-ring (bicyclic) bond motifs is 2. The lowest BCUT2D eigenvalue weighted by Gasteiger charge is -2.34. The van der Waals surface area contributed by atoms with Gasteiger partial charge in [0.05, 0.1) is 28.4 Å². The van der Waals surface area contributed by atoms with Gasteiger partial charge in [-0.25, -0.2) is 21.2 Å². The van der Waals surface area contributed by atoms with Crippen LogP contribution in [0.4, 0.5) is 54.8 Å². The van der Waals surface area contributed by atoms with Crippen molar-refractivity contribution in [3.63, 3.8) is 0 Å². The van der Waals surface area contributed by atoms with Gasteiger partial charge in [0.1, 0.15) is 23.1 Å². The molecule has 0 aliphatic carbocycles. The Morgan fingerprint density at radius 1 is 0.582 bits per heavy atom. The summed E-state index contributed by atoms with van der Waals surface area (Å²) in [5.74, 6) is -0.605. The number of nitrogens with zero attached hydrogens (tertiary/aromatic N) is 10. The van der Waals surface area contributed by atoms with Crippen LogP contribution in [0.15, 0.2) is 135 Å². The Balaban J connectivity index is 0.000000192. The number of ether oxygens (including phenoxy) is 2. The van der Waals surface area contributed by atoms with E-state index in [9.17, 15) is 22.8 Å². The summed E-state index contributed by atoms with van der Waals surface area (Å²) in [4.78, 5) is 61.9. The van der Waals surface area contributed by atoms with E-state index in [4.69, 9.17) is 9.47 Å². The number of aromatic nitrogens is 6. The third-order valence-electron chi connectivity index (χ3n) is 12.8. The van der Waals surface area contributed by atoms with Crippen molar-refractivity contribution in [1.82, 2.24) is 38.3 Å². The number of likely N-dealkylation sites (N-methyl/N-ethyl adjacent to an activating group) is 2. The Labute approximate surface area is 453 Å². The predicted octanol–water partition coefficient (Wildman–Crippen LogP) is 8.43. The third kappa shape index (κ3) is 13.1. The summed E-state index contributed by atoms with van der Waals surface area (Å²) < 4.78 is 69.5. The molecule has 4 aromatic carbocycles. The number of amides is 2. The van der Waals surface area contributed by atoms with Crippen LogP contribution in [-0.4, -0.2) is 137 Å². The first-order valence-electron chi connectivity index (χ1n) is 24.8. The van der Waals surface area contributed by atoms with Gasteiger partial charge in [-0.1, -0.05) is 25.3 Å². The molecular weight excluding hydrogens is 1040 g/mol. The first-order chi connectivity index (χ1) is 37.9. The number of anilines is 8.